The summed E-state index contributed by atoms with van der Waals surface area (Å²) in [7, 11) is 2.08. The van der Waals surface area contributed by atoms with Gasteiger partial charge in [-0.1, -0.05) is 0 Å². The Bertz CT molecular complexity index is 171. The molecule has 0 spiro atoms. The van der Waals surface area contributed by atoms with Gasteiger partial charge in [0, 0.05) is 31.8 Å². The van der Waals surface area contributed by atoms with Crippen LogP contribution in [0.2, 0.25) is 0 Å². The molecule has 0 radical (unpaired) electrons. The standard InChI is InChI=1S/C9H18N2O2/c1-11(7-2-3-13-6-7)8-4-10-5-9(8)12/h7-10,12H,2-6H2,1H3/t7?,8-,9-/m1/s1. The van der Waals surface area contributed by atoms with Crippen LogP contribution in [-0.2, 0) is 4.74 Å². The number of hydrogen-bond acceptors (Lipinski definition) is 4. The topological polar surface area (TPSA) is 44.7 Å². The maximum atomic E-state index is 9.67. The number of ether oxygens (including phenoxy) is 1. The molecule has 2 aliphatic heterocycles. The average Bonchev–Trinajstić information content (AvgIpc) is 2.72. The second kappa shape index (κ2) is 3.92. The van der Waals surface area contributed by atoms with E-state index in [0.29, 0.717) is 6.04 Å². The molecule has 0 aromatic rings. The first-order chi connectivity index (χ1) is 6.29. The first kappa shape index (κ1) is 9.40. The van der Waals surface area contributed by atoms with Crippen molar-refractivity contribution >= 4 is 0 Å². The Labute approximate surface area is 78.9 Å². The highest BCUT2D eigenvalue weighted by Crippen LogP contribution is 2.16. The van der Waals surface area contributed by atoms with Gasteiger partial charge in [-0.05, 0) is 13.5 Å². The number of nitrogens with one attached hydrogen (secondary N) is 1. The number of aliphatic hydroxyl groups is 1. The van der Waals surface area contributed by atoms with Crippen LogP contribution in [0.3, 0.4) is 0 Å². The van der Waals surface area contributed by atoms with Crippen LogP contribution in [0, 0.1) is 0 Å². The van der Waals surface area contributed by atoms with E-state index in [1.807, 2.05) is 0 Å². The fourth-order valence-electron chi connectivity index (χ4n) is 2.18. The van der Waals surface area contributed by atoms with Gasteiger partial charge in [0.1, 0.15) is 0 Å². The molecule has 1 unspecified atom stereocenters. The van der Waals surface area contributed by atoms with E-state index in [4.69, 9.17) is 4.74 Å². The fourth-order valence-corrected chi connectivity index (χ4v) is 2.18. The van der Waals surface area contributed by atoms with Gasteiger partial charge in [-0.25, -0.2) is 0 Å². The van der Waals surface area contributed by atoms with E-state index in [1.165, 1.54) is 0 Å². The van der Waals surface area contributed by atoms with Gasteiger partial charge in [0.25, 0.3) is 0 Å². The molecule has 4 nitrogen and oxygen atoms in total. The molecule has 2 fully saturated rings. The zero-order valence-corrected chi connectivity index (χ0v) is 8.07. The third kappa shape index (κ3) is 1.86. The lowest BCUT2D eigenvalue weighted by Gasteiger charge is -2.30. The second-order valence-electron chi connectivity index (χ2n) is 3.98. The molecule has 0 aromatic heterocycles. The van der Waals surface area contributed by atoms with Crippen LogP contribution in [0.5, 0.6) is 0 Å². The van der Waals surface area contributed by atoms with Crippen molar-refractivity contribution in [3.05, 3.63) is 0 Å². The van der Waals surface area contributed by atoms with Crippen molar-refractivity contribution in [1.29, 1.82) is 0 Å². The Morgan fingerprint density at radius 1 is 1.46 bits per heavy atom. The van der Waals surface area contributed by atoms with Crippen LogP contribution in [0.4, 0.5) is 0 Å². The summed E-state index contributed by atoms with van der Waals surface area (Å²) in [5.74, 6) is 0. The van der Waals surface area contributed by atoms with E-state index in [2.05, 4.69) is 17.3 Å². The lowest BCUT2D eigenvalue weighted by molar-refractivity contribution is 0.0665. The lowest BCUT2D eigenvalue weighted by Crippen LogP contribution is -2.46. The minimum atomic E-state index is -0.217. The van der Waals surface area contributed by atoms with Crippen LogP contribution in [0.15, 0.2) is 0 Å². The van der Waals surface area contributed by atoms with Gasteiger partial charge in [-0.2, -0.15) is 0 Å². The summed E-state index contributed by atoms with van der Waals surface area (Å²) in [6, 6.07) is 0.770. The van der Waals surface area contributed by atoms with Crippen molar-refractivity contribution in [1.82, 2.24) is 10.2 Å². The SMILES string of the molecule is CN(C1CCOC1)[C@@H]1CNC[C@H]1O. The van der Waals surface area contributed by atoms with Gasteiger partial charge in [-0.3, -0.25) is 4.90 Å². The van der Waals surface area contributed by atoms with Gasteiger partial charge < -0.3 is 15.2 Å². The van der Waals surface area contributed by atoms with Gasteiger partial charge in [0.2, 0.25) is 0 Å². The van der Waals surface area contributed by atoms with Crippen LogP contribution in [0.25, 0.3) is 0 Å². The van der Waals surface area contributed by atoms with Crippen molar-refractivity contribution in [3.8, 4) is 0 Å². The maximum Gasteiger partial charge on any atom is 0.0831 e. The first-order valence-electron chi connectivity index (χ1n) is 4.97. The summed E-state index contributed by atoms with van der Waals surface area (Å²) < 4.78 is 5.33. The van der Waals surface area contributed by atoms with E-state index in [0.717, 1.165) is 32.7 Å². The molecule has 2 saturated heterocycles. The van der Waals surface area contributed by atoms with Gasteiger partial charge in [0.05, 0.1) is 12.7 Å². The molecule has 76 valence electrons. The number of rotatable bonds is 2. The minimum absolute atomic E-state index is 0.217. The van der Waals surface area contributed by atoms with Crippen LogP contribution in [-0.4, -0.2) is 61.5 Å². The third-order valence-corrected chi connectivity index (χ3v) is 3.16. The molecule has 2 rings (SSSR count). The summed E-state index contributed by atoms with van der Waals surface area (Å²) in [4.78, 5) is 2.26. The lowest BCUT2D eigenvalue weighted by atomic mass is 10.1. The zero-order chi connectivity index (χ0) is 9.26. The van der Waals surface area contributed by atoms with Crippen molar-refractivity contribution in [2.45, 2.75) is 24.6 Å². The number of likely N-dealkylation sites (N-methyl/N-ethyl adjacent to an activating group) is 1. The number of hydrogen-bond donors (Lipinski definition) is 2. The molecule has 2 heterocycles. The quantitative estimate of drug-likeness (QED) is 0.583. The van der Waals surface area contributed by atoms with Crippen molar-refractivity contribution in [2.75, 3.05) is 33.4 Å². The summed E-state index contributed by atoms with van der Waals surface area (Å²) in [6.07, 6.45) is 0.880. The minimum Gasteiger partial charge on any atom is -0.390 e. The Hall–Kier alpha value is -0.160. The molecular weight excluding hydrogens is 168 g/mol. The molecule has 0 saturated carbocycles. The molecule has 0 bridgehead atoms. The van der Waals surface area contributed by atoms with Crippen LogP contribution >= 0.6 is 0 Å². The number of aliphatic hydroxyl groups excluding tert-OH is 1. The number of nitrogens with zero attached hydrogens (tertiary/aromatic N) is 1. The summed E-state index contributed by atoms with van der Waals surface area (Å²) >= 11 is 0. The highest BCUT2D eigenvalue weighted by Gasteiger charge is 2.33. The molecular formula is C9H18N2O2. The van der Waals surface area contributed by atoms with E-state index >= 15 is 0 Å². The summed E-state index contributed by atoms with van der Waals surface area (Å²) in [6.45, 7) is 3.31. The van der Waals surface area contributed by atoms with Gasteiger partial charge in [0.15, 0.2) is 0 Å². The Kier molecular flexibility index (Phi) is 2.83. The molecule has 0 amide bonds. The molecule has 0 aliphatic carbocycles. The van der Waals surface area contributed by atoms with Crippen LogP contribution < -0.4 is 5.32 Å². The molecule has 2 aliphatic rings. The third-order valence-electron chi connectivity index (χ3n) is 3.16. The fraction of sp³-hybridized carbons (Fsp3) is 1.00. The van der Waals surface area contributed by atoms with Crippen LogP contribution in [0.1, 0.15) is 6.42 Å². The predicted molar refractivity (Wildman–Crippen MR) is 49.7 cm³/mol. The molecule has 3 atom stereocenters. The molecule has 0 aromatic carbocycles. The van der Waals surface area contributed by atoms with Crippen molar-refractivity contribution in [3.63, 3.8) is 0 Å². The Balaban J connectivity index is 1.91. The van der Waals surface area contributed by atoms with Crippen molar-refractivity contribution < 1.29 is 9.84 Å². The second-order valence-corrected chi connectivity index (χ2v) is 3.98. The van der Waals surface area contributed by atoms with E-state index < -0.39 is 0 Å². The van der Waals surface area contributed by atoms with Crippen molar-refractivity contribution in [2.24, 2.45) is 0 Å². The maximum absolute atomic E-state index is 9.67. The van der Waals surface area contributed by atoms with E-state index in [9.17, 15) is 5.11 Å². The van der Waals surface area contributed by atoms with Gasteiger partial charge in [-0.15, -0.1) is 0 Å². The largest absolute Gasteiger partial charge is 0.390 e. The predicted octanol–water partition coefficient (Wildman–Crippen LogP) is -0.960. The smallest absolute Gasteiger partial charge is 0.0831 e. The molecule has 2 N–H and O–H groups in total. The monoisotopic (exact) mass is 186 g/mol. The first-order valence-corrected chi connectivity index (χ1v) is 4.97. The number of β-amino-alcohol motifs (C(OH)–C–C–N with tert-alkyl or cyclic N) is 1. The Morgan fingerprint density at radius 2 is 2.31 bits per heavy atom. The summed E-state index contributed by atoms with van der Waals surface area (Å²) in [5.41, 5.74) is 0. The highest BCUT2D eigenvalue weighted by atomic mass is 16.5. The Morgan fingerprint density at radius 3 is 2.85 bits per heavy atom. The van der Waals surface area contributed by atoms with E-state index in [-0.39, 0.29) is 12.1 Å². The highest BCUT2D eigenvalue weighted by molar-refractivity contribution is 4.90. The summed E-state index contributed by atoms with van der Waals surface area (Å²) in [5, 5.41) is 12.9. The zero-order valence-electron chi connectivity index (χ0n) is 8.07. The average molecular weight is 186 g/mol. The van der Waals surface area contributed by atoms with Gasteiger partial charge >= 0.3 is 0 Å². The molecule has 13 heavy (non-hydrogen) atoms. The molecule has 4 heteroatoms. The normalized spacial score (nSPS) is 40.4. The van der Waals surface area contributed by atoms with E-state index in [1.54, 1.807) is 0 Å².